The second-order valence-electron chi connectivity index (χ2n) is 4.23. The van der Waals surface area contributed by atoms with E-state index in [4.69, 9.17) is 4.74 Å². The van der Waals surface area contributed by atoms with Crippen LogP contribution in [0.2, 0.25) is 0 Å². The largest absolute Gasteiger partial charge is 0.507 e. The molecule has 1 aromatic heterocycles. The van der Waals surface area contributed by atoms with E-state index >= 15 is 0 Å². The minimum Gasteiger partial charge on any atom is -0.507 e. The summed E-state index contributed by atoms with van der Waals surface area (Å²) in [6.07, 6.45) is 1.59. The maximum atomic E-state index is 11.7. The fraction of sp³-hybridized carbons (Fsp3) is 0.214. The third-order valence-corrected chi connectivity index (χ3v) is 4.28. The van der Waals surface area contributed by atoms with Gasteiger partial charge in [-0.05, 0) is 53.5 Å². The van der Waals surface area contributed by atoms with Gasteiger partial charge in [0.05, 0.1) is 23.0 Å². The molecule has 0 spiro atoms. The lowest BCUT2D eigenvalue weighted by Gasteiger charge is -1.98. The average Bonchev–Trinajstić information content (AvgIpc) is 2.84. The van der Waals surface area contributed by atoms with Crippen molar-refractivity contribution in [2.24, 2.45) is 5.10 Å². The molecule has 0 unspecified atom stereocenters. The summed E-state index contributed by atoms with van der Waals surface area (Å²) in [5.41, 5.74) is 4.18. The zero-order chi connectivity index (χ0) is 16.1. The number of nitrogens with zero attached hydrogens (tertiary/aromatic N) is 2. The standard InChI is InChI=1S/C14H14BrN3O3S/c1-3-21-13(20)12-8(2)17-14(22-12)18-16-7-9-4-5-11(19)10(15)6-9/h4-7,19H,3H2,1-2H3,(H,17,18)/b16-7-. The van der Waals surface area contributed by atoms with Gasteiger partial charge < -0.3 is 9.84 Å². The third-order valence-electron chi connectivity index (χ3n) is 2.60. The van der Waals surface area contributed by atoms with Crippen LogP contribution in [0.15, 0.2) is 27.8 Å². The molecule has 0 aliphatic carbocycles. The van der Waals surface area contributed by atoms with Gasteiger partial charge in [-0.25, -0.2) is 9.78 Å². The zero-order valence-electron chi connectivity index (χ0n) is 12.0. The number of aryl methyl sites for hydroxylation is 1. The molecular weight excluding hydrogens is 370 g/mol. The van der Waals surface area contributed by atoms with Crippen molar-refractivity contribution in [2.45, 2.75) is 13.8 Å². The molecule has 0 saturated heterocycles. The number of nitrogens with one attached hydrogen (secondary N) is 1. The quantitative estimate of drug-likeness (QED) is 0.468. The zero-order valence-corrected chi connectivity index (χ0v) is 14.4. The number of anilines is 1. The van der Waals surface area contributed by atoms with Crippen molar-refractivity contribution in [1.29, 1.82) is 0 Å². The number of benzene rings is 1. The molecule has 0 amide bonds. The molecule has 0 aliphatic heterocycles. The van der Waals surface area contributed by atoms with Crippen LogP contribution in [0.4, 0.5) is 5.13 Å². The number of aromatic nitrogens is 1. The molecule has 0 fully saturated rings. The Morgan fingerprint density at radius 1 is 1.59 bits per heavy atom. The van der Waals surface area contributed by atoms with Crippen molar-refractivity contribution < 1.29 is 14.6 Å². The number of phenols is 1. The first-order valence-corrected chi connectivity index (χ1v) is 8.04. The molecule has 0 saturated carbocycles. The van der Waals surface area contributed by atoms with Crippen molar-refractivity contribution in [3.05, 3.63) is 38.8 Å². The Bertz CT molecular complexity index is 715. The molecule has 0 aliphatic rings. The maximum Gasteiger partial charge on any atom is 0.350 e. The van der Waals surface area contributed by atoms with Gasteiger partial charge in [-0.3, -0.25) is 5.43 Å². The number of hydrogen-bond acceptors (Lipinski definition) is 7. The predicted molar refractivity (Wildman–Crippen MR) is 89.8 cm³/mol. The van der Waals surface area contributed by atoms with Crippen LogP contribution in [0.25, 0.3) is 0 Å². The van der Waals surface area contributed by atoms with Gasteiger partial charge in [-0.1, -0.05) is 11.3 Å². The van der Waals surface area contributed by atoms with Gasteiger partial charge in [0, 0.05) is 0 Å². The topological polar surface area (TPSA) is 83.8 Å². The van der Waals surface area contributed by atoms with E-state index in [0.29, 0.717) is 26.8 Å². The predicted octanol–water partition coefficient (Wildman–Crippen LogP) is 3.54. The van der Waals surface area contributed by atoms with Crippen molar-refractivity contribution in [2.75, 3.05) is 12.0 Å². The van der Waals surface area contributed by atoms with E-state index in [9.17, 15) is 9.90 Å². The third kappa shape index (κ3) is 4.05. The van der Waals surface area contributed by atoms with E-state index in [1.807, 2.05) is 0 Å². The number of carbonyl (C=O) groups excluding carboxylic acids is 1. The van der Waals surface area contributed by atoms with E-state index in [2.05, 4.69) is 31.4 Å². The summed E-state index contributed by atoms with van der Waals surface area (Å²) in [5.74, 6) is -0.211. The second kappa shape index (κ2) is 7.37. The Labute approximate surface area is 140 Å². The minimum absolute atomic E-state index is 0.166. The van der Waals surface area contributed by atoms with Crippen LogP contribution in [-0.2, 0) is 4.74 Å². The summed E-state index contributed by atoms with van der Waals surface area (Å²) >= 11 is 4.42. The van der Waals surface area contributed by atoms with Crippen LogP contribution in [0, 0.1) is 6.92 Å². The number of hydrazone groups is 1. The SMILES string of the molecule is CCOC(=O)c1sc(N/N=C\c2ccc(O)c(Br)c2)nc1C. The number of esters is 1. The highest BCUT2D eigenvalue weighted by Crippen LogP contribution is 2.24. The van der Waals surface area contributed by atoms with Gasteiger partial charge in [-0.2, -0.15) is 5.10 Å². The number of halogens is 1. The Morgan fingerprint density at radius 3 is 3.05 bits per heavy atom. The first-order chi connectivity index (χ1) is 10.5. The maximum absolute atomic E-state index is 11.7. The van der Waals surface area contributed by atoms with Crippen LogP contribution < -0.4 is 5.43 Å². The molecule has 1 heterocycles. The number of carbonyl (C=O) groups is 1. The molecule has 1 aromatic carbocycles. The van der Waals surface area contributed by atoms with Crippen LogP contribution in [0.1, 0.15) is 27.9 Å². The number of thiazole rings is 1. The van der Waals surface area contributed by atoms with Crippen LogP contribution in [0.5, 0.6) is 5.75 Å². The van der Waals surface area contributed by atoms with Crippen LogP contribution >= 0.6 is 27.3 Å². The van der Waals surface area contributed by atoms with Gasteiger partial charge in [0.25, 0.3) is 0 Å². The molecule has 0 bridgehead atoms. The molecule has 8 heteroatoms. The molecule has 22 heavy (non-hydrogen) atoms. The van der Waals surface area contributed by atoms with Gasteiger partial charge >= 0.3 is 5.97 Å². The molecule has 2 rings (SSSR count). The van der Waals surface area contributed by atoms with Gasteiger partial charge in [0.2, 0.25) is 5.13 Å². The summed E-state index contributed by atoms with van der Waals surface area (Å²) in [6, 6.07) is 5.03. The average molecular weight is 384 g/mol. The van der Waals surface area contributed by atoms with E-state index in [1.165, 1.54) is 11.3 Å². The van der Waals surface area contributed by atoms with E-state index < -0.39 is 0 Å². The fourth-order valence-electron chi connectivity index (χ4n) is 1.60. The molecular formula is C14H14BrN3O3S. The number of phenolic OH excluding ortho intramolecular Hbond substituents is 1. The lowest BCUT2D eigenvalue weighted by molar-refractivity contribution is 0.0531. The summed E-state index contributed by atoms with van der Waals surface area (Å²) in [7, 11) is 0. The van der Waals surface area contributed by atoms with E-state index in [1.54, 1.807) is 38.3 Å². The number of rotatable bonds is 5. The highest BCUT2D eigenvalue weighted by atomic mass is 79.9. The van der Waals surface area contributed by atoms with Crippen LogP contribution in [0.3, 0.4) is 0 Å². The number of aromatic hydroxyl groups is 1. The Balaban J connectivity index is 2.05. The molecule has 2 aromatic rings. The molecule has 6 nitrogen and oxygen atoms in total. The fourth-order valence-corrected chi connectivity index (χ4v) is 2.80. The van der Waals surface area contributed by atoms with Gasteiger partial charge in [-0.15, -0.1) is 0 Å². The lowest BCUT2D eigenvalue weighted by atomic mass is 10.2. The minimum atomic E-state index is -0.378. The number of ether oxygens (including phenoxy) is 1. The summed E-state index contributed by atoms with van der Waals surface area (Å²) in [5, 5.41) is 14.0. The first-order valence-electron chi connectivity index (χ1n) is 6.43. The molecule has 0 atom stereocenters. The monoisotopic (exact) mass is 383 g/mol. The molecule has 0 radical (unpaired) electrons. The van der Waals surface area contributed by atoms with Crippen LogP contribution in [-0.4, -0.2) is 28.9 Å². The number of hydrogen-bond donors (Lipinski definition) is 2. The summed E-state index contributed by atoms with van der Waals surface area (Å²) in [4.78, 5) is 16.4. The summed E-state index contributed by atoms with van der Waals surface area (Å²) < 4.78 is 5.55. The molecule has 116 valence electrons. The highest BCUT2D eigenvalue weighted by molar-refractivity contribution is 9.10. The van der Waals surface area contributed by atoms with Gasteiger partial charge in [0.1, 0.15) is 10.6 Å². The van der Waals surface area contributed by atoms with E-state index in [0.717, 1.165) is 5.56 Å². The Morgan fingerprint density at radius 2 is 2.36 bits per heavy atom. The van der Waals surface area contributed by atoms with Crippen molar-refractivity contribution in [3.8, 4) is 5.75 Å². The van der Waals surface area contributed by atoms with Crippen molar-refractivity contribution in [1.82, 2.24) is 4.98 Å². The van der Waals surface area contributed by atoms with Gasteiger partial charge in [0.15, 0.2) is 0 Å². The summed E-state index contributed by atoms with van der Waals surface area (Å²) in [6.45, 7) is 3.83. The molecule has 2 N–H and O–H groups in total. The van der Waals surface area contributed by atoms with Crippen molar-refractivity contribution in [3.63, 3.8) is 0 Å². The first kappa shape index (κ1) is 16.4. The smallest absolute Gasteiger partial charge is 0.350 e. The second-order valence-corrected chi connectivity index (χ2v) is 6.09. The normalized spacial score (nSPS) is 10.9. The highest BCUT2D eigenvalue weighted by Gasteiger charge is 2.15. The Kier molecular flexibility index (Phi) is 5.51. The Hall–Kier alpha value is -1.93. The van der Waals surface area contributed by atoms with E-state index in [-0.39, 0.29) is 11.7 Å². The lowest BCUT2D eigenvalue weighted by Crippen LogP contribution is -2.03. The van der Waals surface area contributed by atoms with Crippen molar-refractivity contribution >= 4 is 44.6 Å².